The van der Waals surface area contributed by atoms with Crippen molar-refractivity contribution in [1.29, 1.82) is 0 Å². The van der Waals surface area contributed by atoms with Gasteiger partial charge in [-0.15, -0.1) is 23.5 Å². The third kappa shape index (κ3) is 6.29. The summed E-state index contributed by atoms with van der Waals surface area (Å²) in [6.45, 7) is 0. The van der Waals surface area contributed by atoms with Crippen LogP contribution in [0.2, 0.25) is 0 Å². The summed E-state index contributed by atoms with van der Waals surface area (Å²) < 4.78 is 4.90. The Bertz CT molecular complexity index is 1760. The summed E-state index contributed by atoms with van der Waals surface area (Å²) >= 11 is 3.11. The minimum Gasteiger partial charge on any atom is -0.465 e. The number of allylic oxidation sites excluding steroid dienone is 2. The van der Waals surface area contributed by atoms with Gasteiger partial charge in [0.2, 0.25) is 5.91 Å². The van der Waals surface area contributed by atoms with E-state index >= 15 is 0 Å². The smallest absolute Gasteiger partial charge is 0.339 e. The van der Waals surface area contributed by atoms with Crippen molar-refractivity contribution in [3.05, 3.63) is 139 Å². The molecule has 0 saturated carbocycles. The average molecular weight is 620 g/mol. The van der Waals surface area contributed by atoms with Crippen LogP contribution >= 0.6 is 23.5 Å². The van der Waals surface area contributed by atoms with Crippen molar-refractivity contribution in [2.45, 2.75) is 26.3 Å². The molecule has 1 aliphatic carbocycles. The molecule has 4 aromatic carbocycles. The van der Waals surface area contributed by atoms with Gasteiger partial charge in [-0.25, -0.2) is 9.59 Å². The maximum absolute atomic E-state index is 13.8. The summed E-state index contributed by atoms with van der Waals surface area (Å²) in [5.41, 5.74) is 2.93. The Morgan fingerprint density at radius 1 is 0.841 bits per heavy atom. The Hall–Kier alpha value is -4.73. The molecule has 9 heteroatoms. The first-order valence-electron chi connectivity index (χ1n) is 14.0. The van der Waals surface area contributed by atoms with E-state index in [1.54, 1.807) is 36.0 Å². The van der Waals surface area contributed by atoms with Crippen LogP contribution in [0.3, 0.4) is 0 Å². The Labute approximate surface area is 264 Å². The Kier molecular flexibility index (Phi) is 8.86. The number of urea groups is 1. The first-order chi connectivity index (χ1) is 21.5. The van der Waals surface area contributed by atoms with Crippen molar-refractivity contribution >= 4 is 58.5 Å². The van der Waals surface area contributed by atoms with Gasteiger partial charge < -0.3 is 15.4 Å². The third-order valence-electron chi connectivity index (χ3n) is 7.23. The Morgan fingerprint density at radius 3 is 2.43 bits per heavy atom. The predicted molar refractivity (Wildman–Crippen MR) is 178 cm³/mol. The lowest BCUT2D eigenvalue weighted by molar-refractivity contribution is -0.115. The van der Waals surface area contributed by atoms with E-state index in [0.29, 0.717) is 11.4 Å². The third-order valence-corrected chi connectivity index (χ3v) is 9.79. The summed E-state index contributed by atoms with van der Waals surface area (Å²) in [5.74, 6) is -0.827. The van der Waals surface area contributed by atoms with Gasteiger partial charge in [0.05, 0.1) is 35.3 Å². The van der Waals surface area contributed by atoms with E-state index in [4.69, 9.17) is 4.74 Å². The van der Waals surface area contributed by atoms with Crippen molar-refractivity contribution in [2.24, 2.45) is 0 Å². The number of hydrogen-bond donors (Lipinski definition) is 2. The fraction of sp³-hybridized carbons (Fsp3) is 0.114. The van der Waals surface area contributed by atoms with Gasteiger partial charge in [-0.05, 0) is 48.0 Å². The first-order valence-corrected chi connectivity index (χ1v) is 15.8. The van der Waals surface area contributed by atoms with E-state index in [9.17, 15) is 14.4 Å². The normalized spacial score (nSPS) is 17.2. The number of nitrogens with one attached hydrogen (secondary N) is 2. The number of amides is 3. The van der Waals surface area contributed by atoms with Crippen molar-refractivity contribution < 1.29 is 19.1 Å². The molecule has 3 atom stereocenters. The number of carbonyl (C=O) groups excluding carboxylic acids is 3. The molecule has 0 spiro atoms. The molecular weight excluding hydrogens is 591 g/mol. The van der Waals surface area contributed by atoms with Crippen molar-refractivity contribution in [3.63, 3.8) is 0 Å². The Morgan fingerprint density at radius 2 is 1.59 bits per heavy atom. The molecular formula is C35H29N3O4S2. The number of benzene rings is 4. The molecule has 1 heterocycles. The number of thioether (sulfide) groups is 2. The molecule has 1 aliphatic heterocycles. The second-order valence-corrected chi connectivity index (χ2v) is 12.5. The predicted octanol–water partition coefficient (Wildman–Crippen LogP) is 7.95. The number of anilines is 3. The summed E-state index contributed by atoms with van der Waals surface area (Å²) in [6, 6.07) is 31.3. The number of methoxy groups -OCH3 is 1. The number of para-hydroxylation sites is 2. The maximum atomic E-state index is 13.8. The molecule has 0 aromatic heterocycles. The monoisotopic (exact) mass is 619 g/mol. The summed E-state index contributed by atoms with van der Waals surface area (Å²) in [7, 11) is 1.31. The fourth-order valence-corrected chi connectivity index (χ4v) is 7.51. The second kappa shape index (κ2) is 13.3. The molecule has 6 rings (SSSR count). The number of ether oxygens (including phenoxy) is 1. The van der Waals surface area contributed by atoms with E-state index in [1.165, 1.54) is 18.9 Å². The zero-order valence-electron chi connectivity index (χ0n) is 23.8. The highest BCUT2D eigenvalue weighted by Gasteiger charge is 2.36. The van der Waals surface area contributed by atoms with Crippen LogP contribution in [0.5, 0.6) is 0 Å². The average Bonchev–Trinajstić information content (AvgIpc) is 3.06. The lowest BCUT2D eigenvalue weighted by Crippen LogP contribution is -2.49. The van der Waals surface area contributed by atoms with Gasteiger partial charge in [-0.1, -0.05) is 85.0 Å². The molecule has 2 N–H and O–H groups in total. The second-order valence-electron chi connectivity index (χ2n) is 10.1. The van der Waals surface area contributed by atoms with Gasteiger partial charge in [0, 0.05) is 15.5 Å². The SMILES string of the molecule is COC(=O)c1ccccc1NC(=O)C(Sc1cccc(NC(=O)N2c3ccccc3SC3C=CC=CC32)c1)c1ccccc1. The van der Waals surface area contributed by atoms with Crippen molar-refractivity contribution in [3.8, 4) is 0 Å². The van der Waals surface area contributed by atoms with Crippen molar-refractivity contribution in [2.75, 3.05) is 22.6 Å². The van der Waals surface area contributed by atoms with Crippen LogP contribution in [0.15, 0.2) is 137 Å². The zero-order valence-corrected chi connectivity index (χ0v) is 25.4. The summed E-state index contributed by atoms with van der Waals surface area (Å²) in [6.07, 6.45) is 8.18. The van der Waals surface area contributed by atoms with Gasteiger partial charge in [-0.2, -0.15) is 0 Å². The van der Waals surface area contributed by atoms with Gasteiger partial charge in [-0.3, -0.25) is 9.69 Å². The molecule has 220 valence electrons. The number of fused-ring (bicyclic) bond motifs is 2. The lowest BCUT2D eigenvalue weighted by Gasteiger charge is -2.40. The highest BCUT2D eigenvalue weighted by molar-refractivity contribution is 8.00. The van der Waals surface area contributed by atoms with Gasteiger partial charge >= 0.3 is 12.0 Å². The molecule has 2 aliphatic rings. The molecule has 3 amide bonds. The molecule has 7 nitrogen and oxygen atoms in total. The topological polar surface area (TPSA) is 87.7 Å². The maximum Gasteiger partial charge on any atom is 0.339 e. The summed E-state index contributed by atoms with van der Waals surface area (Å²) in [5, 5.41) is 5.49. The van der Waals surface area contributed by atoms with Crippen LogP contribution in [0.1, 0.15) is 21.2 Å². The van der Waals surface area contributed by atoms with E-state index in [1.807, 2.05) is 95.9 Å². The van der Waals surface area contributed by atoms with Gasteiger partial charge in [0.1, 0.15) is 5.25 Å². The van der Waals surface area contributed by atoms with Crippen molar-refractivity contribution in [1.82, 2.24) is 0 Å². The van der Waals surface area contributed by atoms with Crippen LogP contribution in [-0.2, 0) is 9.53 Å². The molecule has 3 unspecified atom stereocenters. The number of rotatable bonds is 7. The minimum absolute atomic E-state index is 0.114. The minimum atomic E-state index is -0.640. The van der Waals surface area contributed by atoms with E-state index < -0.39 is 11.2 Å². The Balaban J connectivity index is 1.24. The van der Waals surface area contributed by atoms with E-state index in [2.05, 4.69) is 22.8 Å². The number of hydrogen-bond acceptors (Lipinski definition) is 6. The zero-order chi connectivity index (χ0) is 30.5. The quantitative estimate of drug-likeness (QED) is 0.161. The fourth-order valence-electron chi connectivity index (χ4n) is 5.17. The molecule has 4 aromatic rings. The molecule has 0 bridgehead atoms. The van der Waals surface area contributed by atoms with E-state index in [-0.39, 0.29) is 28.8 Å². The number of nitrogens with zero attached hydrogens (tertiary/aromatic N) is 1. The van der Waals surface area contributed by atoms with Crippen LogP contribution < -0.4 is 15.5 Å². The van der Waals surface area contributed by atoms with Crippen LogP contribution in [0.25, 0.3) is 0 Å². The number of carbonyl (C=O) groups is 3. The van der Waals surface area contributed by atoms with Gasteiger partial charge in [0.15, 0.2) is 0 Å². The molecule has 44 heavy (non-hydrogen) atoms. The molecule has 0 saturated heterocycles. The number of esters is 1. The van der Waals surface area contributed by atoms with Crippen LogP contribution in [0.4, 0.5) is 21.9 Å². The van der Waals surface area contributed by atoms with Crippen LogP contribution in [0, 0.1) is 0 Å². The van der Waals surface area contributed by atoms with Gasteiger partial charge in [0.25, 0.3) is 0 Å². The molecule has 0 fully saturated rings. The largest absolute Gasteiger partial charge is 0.465 e. The highest BCUT2D eigenvalue weighted by Crippen LogP contribution is 2.44. The standard InChI is InChI=1S/C35H29N3O4S2/c1-42-34(40)26-16-5-6-17-27(26)37-33(39)32(23-12-3-2-4-13-23)43-25-15-11-14-24(22-25)36-35(41)38-28-18-7-9-20-30(28)44-31-21-10-8-19-29(31)38/h2-22,28,30,32H,1H3,(H,36,41)(H,37,39). The van der Waals surface area contributed by atoms with E-state index in [0.717, 1.165) is 21.0 Å². The summed E-state index contributed by atoms with van der Waals surface area (Å²) in [4.78, 5) is 43.5. The first kappa shape index (κ1) is 29.3. The lowest BCUT2D eigenvalue weighted by atomic mass is 10.1. The molecule has 0 radical (unpaired) electrons. The van der Waals surface area contributed by atoms with Crippen LogP contribution in [-0.4, -0.2) is 36.3 Å². The highest BCUT2D eigenvalue weighted by atomic mass is 32.2.